The number of piperazine rings is 1. The molecular weight excluding hydrogens is 438 g/mol. The van der Waals surface area contributed by atoms with E-state index in [-0.39, 0.29) is 11.8 Å². The fourth-order valence-corrected chi connectivity index (χ4v) is 4.24. The maximum atomic E-state index is 13.1. The van der Waals surface area contributed by atoms with Crippen molar-refractivity contribution in [1.82, 2.24) is 19.9 Å². The number of amides is 1. The molecule has 0 radical (unpaired) electrons. The molecule has 0 bridgehead atoms. The van der Waals surface area contributed by atoms with Gasteiger partial charge in [0.25, 0.3) is 5.91 Å². The van der Waals surface area contributed by atoms with Gasteiger partial charge in [0.2, 0.25) is 0 Å². The number of anilines is 1. The number of hydrogen-bond donors (Lipinski definition) is 0. The molecule has 9 heteroatoms. The first kappa shape index (κ1) is 23.0. The number of methoxy groups -OCH3 is 1. The lowest BCUT2D eigenvalue weighted by Crippen LogP contribution is -2.49. The molecule has 3 aromatic rings. The smallest absolute Gasteiger partial charge is 0.254 e. The molecule has 8 nitrogen and oxygen atoms in total. The van der Waals surface area contributed by atoms with Gasteiger partial charge >= 0.3 is 0 Å². The van der Waals surface area contributed by atoms with E-state index in [1.807, 2.05) is 23.3 Å². The van der Waals surface area contributed by atoms with Crippen molar-refractivity contribution in [3.8, 4) is 11.5 Å². The van der Waals surface area contributed by atoms with Gasteiger partial charge in [-0.2, -0.15) is 0 Å². The molecule has 0 spiro atoms. The van der Waals surface area contributed by atoms with E-state index in [0.717, 1.165) is 36.1 Å². The normalized spacial score (nSPS) is 14.0. The quantitative estimate of drug-likeness (QED) is 0.521. The van der Waals surface area contributed by atoms with Gasteiger partial charge in [-0.1, -0.05) is 13.8 Å². The van der Waals surface area contributed by atoms with E-state index in [9.17, 15) is 4.79 Å². The highest BCUT2D eigenvalue weighted by molar-refractivity contribution is 7.07. The van der Waals surface area contributed by atoms with Gasteiger partial charge in [-0.3, -0.25) is 4.79 Å². The summed E-state index contributed by atoms with van der Waals surface area (Å²) in [6.07, 6.45) is 0. The van der Waals surface area contributed by atoms with Crippen LogP contribution in [0.5, 0.6) is 11.5 Å². The summed E-state index contributed by atoms with van der Waals surface area (Å²) in [4.78, 5) is 30.7. The molecule has 1 saturated heterocycles. The average molecular weight is 468 g/mol. The van der Waals surface area contributed by atoms with E-state index in [0.29, 0.717) is 36.8 Å². The van der Waals surface area contributed by atoms with Crippen LogP contribution in [-0.4, -0.2) is 59.0 Å². The third-order valence-electron chi connectivity index (χ3n) is 5.53. The number of nitrogens with zero attached hydrogens (tertiary/aromatic N) is 5. The molecule has 0 unspecified atom stereocenters. The Hall–Kier alpha value is -3.20. The fourth-order valence-electron chi connectivity index (χ4n) is 3.70. The number of carbonyl (C=O) groups is 1. The minimum Gasteiger partial charge on any atom is -0.493 e. The monoisotopic (exact) mass is 467 g/mol. The Morgan fingerprint density at radius 1 is 1.12 bits per heavy atom. The molecule has 0 atom stereocenters. The molecule has 1 aromatic carbocycles. The Kier molecular flexibility index (Phi) is 7.08. The van der Waals surface area contributed by atoms with Crippen molar-refractivity contribution < 1.29 is 14.3 Å². The van der Waals surface area contributed by atoms with Crippen molar-refractivity contribution >= 4 is 23.1 Å². The van der Waals surface area contributed by atoms with Crippen LogP contribution in [0.1, 0.15) is 47.3 Å². The van der Waals surface area contributed by atoms with Gasteiger partial charge < -0.3 is 19.3 Å². The van der Waals surface area contributed by atoms with Crippen LogP contribution in [0.2, 0.25) is 0 Å². The molecule has 4 rings (SSSR count). The lowest BCUT2D eigenvalue weighted by molar-refractivity contribution is 0.0746. The Bertz CT molecular complexity index is 1100. The van der Waals surface area contributed by atoms with Crippen LogP contribution in [-0.2, 0) is 6.61 Å². The largest absolute Gasteiger partial charge is 0.493 e. The van der Waals surface area contributed by atoms with Crippen molar-refractivity contribution in [3.05, 3.63) is 57.9 Å². The van der Waals surface area contributed by atoms with Gasteiger partial charge in [0.05, 0.1) is 18.3 Å². The number of aromatic nitrogens is 3. The molecule has 0 N–H and O–H groups in total. The number of rotatable bonds is 7. The third-order valence-corrected chi connectivity index (χ3v) is 6.17. The molecule has 1 amide bonds. The number of hydrogen-bond acceptors (Lipinski definition) is 8. The predicted octanol–water partition coefficient (Wildman–Crippen LogP) is 3.91. The van der Waals surface area contributed by atoms with E-state index >= 15 is 0 Å². The molecule has 1 aliphatic rings. The molecule has 2 aromatic heterocycles. The van der Waals surface area contributed by atoms with Gasteiger partial charge in [-0.05, 0) is 25.1 Å². The van der Waals surface area contributed by atoms with E-state index in [2.05, 4.69) is 28.7 Å². The summed E-state index contributed by atoms with van der Waals surface area (Å²) >= 11 is 1.52. The zero-order chi connectivity index (χ0) is 23.4. The van der Waals surface area contributed by atoms with Crippen molar-refractivity contribution in [3.63, 3.8) is 0 Å². The number of benzene rings is 1. The van der Waals surface area contributed by atoms with Crippen molar-refractivity contribution in [2.24, 2.45) is 0 Å². The molecule has 1 aliphatic heterocycles. The summed E-state index contributed by atoms with van der Waals surface area (Å²) in [7, 11) is 1.58. The topological polar surface area (TPSA) is 80.7 Å². The summed E-state index contributed by atoms with van der Waals surface area (Å²) < 4.78 is 11.3. The third kappa shape index (κ3) is 5.42. The Balaban J connectivity index is 1.40. The minimum absolute atomic E-state index is 0.0132. The molecule has 0 aliphatic carbocycles. The molecule has 33 heavy (non-hydrogen) atoms. The molecule has 0 saturated carbocycles. The van der Waals surface area contributed by atoms with E-state index in [1.165, 1.54) is 11.3 Å². The van der Waals surface area contributed by atoms with Crippen LogP contribution in [0.4, 0.5) is 5.82 Å². The second kappa shape index (κ2) is 10.2. The average Bonchev–Trinajstić information content (AvgIpc) is 3.35. The SMILES string of the molecule is COc1cc(C(=O)N2CCN(c3cc(C)nc(C(C)C)n3)CC2)ccc1OCc1cscn1. The zero-order valence-corrected chi connectivity index (χ0v) is 20.3. The van der Waals surface area contributed by atoms with E-state index in [4.69, 9.17) is 14.5 Å². The van der Waals surface area contributed by atoms with Crippen LogP contribution in [0, 0.1) is 6.92 Å². The number of thiazole rings is 1. The lowest BCUT2D eigenvalue weighted by atomic mass is 10.1. The van der Waals surface area contributed by atoms with Crippen molar-refractivity contribution in [1.29, 1.82) is 0 Å². The first-order valence-electron chi connectivity index (χ1n) is 11.0. The maximum Gasteiger partial charge on any atom is 0.254 e. The summed E-state index contributed by atoms with van der Waals surface area (Å²) in [5.74, 6) is 3.17. The van der Waals surface area contributed by atoms with Gasteiger partial charge in [0, 0.05) is 54.8 Å². The highest BCUT2D eigenvalue weighted by Gasteiger charge is 2.24. The minimum atomic E-state index is -0.0132. The Labute approximate surface area is 198 Å². The van der Waals surface area contributed by atoms with Crippen molar-refractivity contribution in [2.45, 2.75) is 33.3 Å². The van der Waals surface area contributed by atoms with Crippen molar-refractivity contribution in [2.75, 3.05) is 38.2 Å². The fraction of sp³-hybridized carbons (Fsp3) is 0.417. The second-order valence-electron chi connectivity index (χ2n) is 8.29. The highest BCUT2D eigenvalue weighted by Crippen LogP contribution is 2.29. The van der Waals surface area contributed by atoms with Gasteiger partial charge in [-0.25, -0.2) is 15.0 Å². The number of ether oxygens (including phenoxy) is 2. The summed E-state index contributed by atoms with van der Waals surface area (Å²) in [5, 5.41) is 1.94. The highest BCUT2D eigenvalue weighted by atomic mass is 32.1. The van der Waals surface area contributed by atoms with Crippen LogP contribution >= 0.6 is 11.3 Å². The Morgan fingerprint density at radius 3 is 2.58 bits per heavy atom. The standard InChI is InChI=1S/C24H29N5O3S/c1-16(2)23-26-17(3)11-22(27-23)28-7-9-29(10-8-28)24(30)18-5-6-20(21(12-18)31-4)32-13-19-14-33-15-25-19/h5-6,11-12,14-16H,7-10,13H2,1-4H3. The van der Waals surface area contributed by atoms with E-state index < -0.39 is 0 Å². The molecule has 3 heterocycles. The van der Waals surface area contributed by atoms with E-state index in [1.54, 1.807) is 30.8 Å². The number of carbonyl (C=O) groups excluding carboxylic acids is 1. The number of aryl methyl sites for hydroxylation is 1. The summed E-state index contributed by atoms with van der Waals surface area (Å²) in [6.45, 7) is 9.26. The molecule has 174 valence electrons. The zero-order valence-electron chi connectivity index (χ0n) is 19.4. The van der Waals surface area contributed by atoms with Crippen LogP contribution in [0.25, 0.3) is 0 Å². The molecular formula is C24H29N5O3S. The van der Waals surface area contributed by atoms with Gasteiger partial charge in [0.15, 0.2) is 11.5 Å². The van der Waals surface area contributed by atoms with Crippen LogP contribution in [0.15, 0.2) is 35.2 Å². The summed E-state index contributed by atoms with van der Waals surface area (Å²) in [5.41, 5.74) is 4.18. The predicted molar refractivity (Wildman–Crippen MR) is 128 cm³/mol. The maximum absolute atomic E-state index is 13.1. The van der Waals surface area contributed by atoms with Crippen LogP contribution in [0.3, 0.4) is 0 Å². The van der Waals surface area contributed by atoms with Gasteiger partial charge in [0.1, 0.15) is 18.2 Å². The Morgan fingerprint density at radius 2 is 1.91 bits per heavy atom. The first-order chi connectivity index (χ1) is 15.9. The molecule has 1 fully saturated rings. The van der Waals surface area contributed by atoms with Crippen LogP contribution < -0.4 is 14.4 Å². The second-order valence-corrected chi connectivity index (χ2v) is 9.01. The first-order valence-corrected chi connectivity index (χ1v) is 12.0. The van der Waals surface area contributed by atoms with Gasteiger partial charge in [-0.15, -0.1) is 11.3 Å². The lowest BCUT2D eigenvalue weighted by Gasteiger charge is -2.35. The summed E-state index contributed by atoms with van der Waals surface area (Å²) in [6, 6.07) is 7.33.